The van der Waals surface area contributed by atoms with E-state index in [1.165, 1.54) is 16.6 Å². The molecule has 0 aliphatic heterocycles. The molecule has 128 valence electrons. The summed E-state index contributed by atoms with van der Waals surface area (Å²) in [5.74, 6) is 0.855. The Kier molecular flexibility index (Phi) is 4.05. The third-order valence-corrected chi connectivity index (χ3v) is 4.15. The molecule has 4 rings (SSSR count). The number of benzene rings is 2. The van der Waals surface area contributed by atoms with Gasteiger partial charge in [0.2, 0.25) is 11.6 Å². The van der Waals surface area contributed by atoms with E-state index in [9.17, 15) is 10.1 Å². The van der Waals surface area contributed by atoms with Gasteiger partial charge in [-0.3, -0.25) is 10.1 Å². The van der Waals surface area contributed by atoms with E-state index in [-0.39, 0.29) is 17.3 Å². The van der Waals surface area contributed by atoms with Crippen LogP contribution in [0, 0.1) is 10.1 Å². The van der Waals surface area contributed by atoms with E-state index in [4.69, 9.17) is 4.74 Å². The van der Waals surface area contributed by atoms with Crippen LogP contribution in [0.3, 0.4) is 0 Å². The normalized spacial score (nSPS) is 10.8. The summed E-state index contributed by atoms with van der Waals surface area (Å²) in [6.45, 7) is 0. The maximum absolute atomic E-state index is 11.1. The van der Waals surface area contributed by atoms with Crippen molar-refractivity contribution in [2.75, 3.05) is 0 Å². The van der Waals surface area contributed by atoms with Gasteiger partial charge in [-0.1, -0.05) is 40.2 Å². The number of hydrogen-bond acceptors (Lipinski definition) is 6. The van der Waals surface area contributed by atoms with Crippen molar-refractivity contribution in [1.29, 1.82) is 0 Å². The van der Waals surface area contributed by atoms with Crippen molar-refractivity contribution < 1.29 is 9.66 Å². The van der Waals surface area contributed by atoms with Crippen molar-refractivity contribution in [1.82, 2.24) is 19.8 Å². The van der Waals surface area contributed by atoms with Crippen LogP contribution in [0.4, 0.5) is 5.69 Å². The zero-order valence-corrected chi connectivity index (χ0v) is 14.7. The van der Waals surface area contributed by atoms with Crippen LogP contribution in [-0.4, -0.2) is 24.7 Å². The number of nitro benzene ring substituents is 1. The van der Waals surface area contributed by atoms with Gasteiger partial charge in [0.25, 0.3) is 0 Å². The fourth-order valence-corrected chi connectivity index (χ4v) is 2.68. The lowest BCUT2D eigenvalue weighted by molar-refractivity contribution is -0.385. The van der Waals surface area contributed by atoms with Crippen molar-refractivity contribution in [3.63, 3.8) is 0 Å². The molecule has 0 spiro atoms. The number of fused-ring (bicyclic) bond motifs is 1. The molecule has 2 aromatic heterocycles. The van der Waals surface area contributed by atoms with Crippen molar-refractivity contribution in [3.05, 3.63) is 75.3 Å². The molecule has 2 aromatic carbocycles. The minimum atomic E-state index is -0.500. The standard InChI is InChI=1S/C17H10BrN5O3/c18-12-7-5-11(6-8-12)17-20-19-15-9-10-16(21-22(15)17)26-14-4-2-1-3-13(14)23(24)25/h1-10H. The van der Waals surface area contributed by atoms with Gasteiger partial charge in [0, 0.05) is 22.2 Å². The van der Waals surface area contributed by atoms with E-state index in [2.05, 4.69) is 31.2 Å². The van der Waals surface area contributed by atoms with Crippen LogP contribution in [0.15, 0.2) is 65.1 Å². The lowest BCUT2D eigenvalue weighted by atomic mass is 10.2. The minimum Gasteiger partial charge on any atom is -0.430 e. The highest BCUT2D eigenvalue weighted by Crippen LogP contribution is 2.30. The first-order chi connectivity index (χ1) is 12.6. The summed E-state index contributed by atoms with van der Waals surface area (Å²) in [4.78, 5) is 10.6. The summed E-state index contributed by atoms with van der Waals surface area (Å²) < 4.78 is 8.10. The molecule has 0 bridgehead atoms. The van der Waals surface area contributed by atoms with Crippen molar-refractivity contribution in [2.24, 2.45) is 0 Å². The summed E-state index contributed by atoms with van der Waals surface area (Å²) in [6.07, 6.45) is 0. The molecule has 0 saturated heterocycles. The highest BCUT2D eigenvalue weighted by Gasteiger charge is 2.16. The van der Waals surface area contributed by atoms with Gasteiger partial charge in [0.1, 0.15) is 0 Å². The van der Waals surface area contributed by atoms with Crippen LogP contribution in [0.5, 0.6) is 11.6 Å². The fourth-order valence-electron chi connectivity index (χ4n) is 2.41. The molecule has 0 aliphatic rings. The zero-order chi connectivity index (χ0) is 18.1. The van der Waals surface area contributed by atoms with Gasteiger partial charge in [-0.05, 0) is 24.3 Å². The van der Waals surface area contributed by atoms with Crippen LogP contribution < -0.4 is 4.74 Å². The maximum Gasteiger partial charge on any atom is 0.311 e. The molecule has 9 heteroatoms. The molecule has 8 nitrogen and oxygen atoms in total. The molecule has 0 aliphatic carbocycles. The summed E-state index contributed by atoms with van der Waals surface area (Å²) in [7, 11) is 0. The molecule has 0 N–H and O–H groups in total. The number of aromatic nitrogens is 4. The van der Waals surface area contributed by atoms with E-state index in [0.29, 0.717) is 11.5 Å². The maximum atomic E-state index is 11.1. The fraction of sp³-hybridized carbons (Fsp3) is 0. The van der Waals surface area contributed by atoms with E-state index in [1.54, 1.807) is 24.3 Å². The van der Waals surface area contributed by atoms with Crippen molar-refractivity contribution in [2.45, 2.75) is 0 Å². The second-order valence-corrected chi connectivity index (χ2v) is 6.21. The van der Waals surface area contributed by atoms with Crippen LogP contribution >= 0.6 is 15.9 Å². The first kappa shape index (κ1) is 16.2. The molecule has 2 heterocycles. The van der Waals surface area contributed by atoms with Gasteiger partial charge in [-0.25, -0.2) is 0 Å². The SMILES string of the molecule is O=[N+]([O-])c1ccccc1Oc1ccc2nnc(-c3ccc(Br)cc3)n2n1. The smallest absolute Gasteiger partial charge is 0.311 e. The molecule has 0 radical (unpaired) electrons. The number of ether oxygens (including phenoxy) is 1. The van der Waals surface area contributed by atoms with Crippen molar-refractivity contribution >= 4 is 27.3 Å². The third kappa shape index (κ3) is 3.00. The monoisotopic (exact) mass is 411 g/mol. The Balaban J connectivity index is 1.75. The molecular formula is C17H10BrN5O3. The van der Waals surface area contributed by atoms with E-state index < -0.39 is 4.92 Å². The highest BCUT2D eigenvalue weighted by atomic mass is 79.9. The predicted molar refractivity (Wildman–Crippen MR) is 97.1 cm³/mol. The first-order valence-corrected chi connectivity index (χ1v) is 8.31. The number of nitro groups is 1. The third-order valence-electron chi connectivity index (χ3n) is 3.62. The lowest BCUT2D eigenvalue weighted by Crippen LogP contribution is -1.99. The molecule has 0 amide bonds. The molecule has 26 heavy (non-hydrogen) atoms. The number of halogens is 1. The van der Waals surface area contributed by atoms with Gasteiger partial charge in [0.05, 0.1) is 4.92 Å². The van der Waals surface area contributed by atoms with Gasteiger partial charge in [0.15, 0.2) is 11.5 Å². The second-order valence-electron chi connectivity index (χ2n) is 5.30. The molecule has 0 atom stereocenters. The van der Waals surface area contributed by atoms with Crippen molar-refractivity contribution in [3.8, 4) is 23.0 Å². The average molecular weight is 412 g/mol. The van der Waals surface area contributed by atoms with Crippen LogP contribution in [0.2, 0.25) is 0 Å². The van der Waals surface area contributed by atoms with Crippen LogP contribution in [-0.2, 0) is 0 Å². The topological polar surface area (TPSA) is 95.5 Å². The van der Waals surface area contributed by atoms with E-state index in [1.807, 2.05) is 24.3 Å². The molecule has 0 fully saturated rings. The Labute approximate surface area is 155 Å². The number of hydrogen-bond donors (Lipinski definition) is 0. The number of para-hydroxylation sites is 2. The Morgan fingerprint density at radius 3 is 2.54 bits per heavy atom. The van der Waals surface area contributed by atoms with Gasteiger partial charge in [-0.15, -0.1) is 15.3 Å². The Bertz CT molecular complexity index is 1110. The summed E-state index contributed by atoms with van der Waals surface area (Å²) in [5, 5.41) is 23.7. The van der Waals surface area contributed by atoms with Gasteiger partial charge >= 0.3 is 5.69 Å². The second kappa shape index (κ2) is 6.52. The van der Waals surface area contributed by atoms with Gasteiger partial charge < -0.3 is 4.74 Å². The molecule has 0 unspecified atom stereocenters. The lowest BCUT2D eigenvalue weighted by Gasteiger charge is -2.06. The molecule has 4 aromatic rings. The summed E-state index contributed by atoms with van der Waals surface area (Å²) >= 11 is 3.39. The summed E-state index contributed by atoms with van der Waals surface area (Å²) in [5.41, 5.74) is 1.24. The summed E-state index contributed by atoms with van der Waals surface area (Å²) in [6, 6.07) is 17.0. The van der Waals surface area contributed by atoms with Crippen LogP contribution in [0.1, 0.15) is 0 Å². The van der Waals surface area contributed by atoms with Gasteiger partial charge in [-0.2, -0.15) is 4.52 Å². The quantitative estimate of drug-likeness (QED) is 0.367. The first-order valence-electron chi connectivity index (χ1n) is 7.51. The highest BCUT2D eigenvalue weighted by molar-refractivity contribution is 9.10. The predicted octanol–water partition coefficient (Wildman–Crippen LogP) is 4.25. The number of rotatable bonds is 4. The molecule has 0 saturated carbocycles. The Morgan fingerprint density at radius 1 is 1.00 bits per heavy atom. The minimum absolute atomic E-state index is 0.114. The largest absolute Gasteiger partial charge is 0.430 e. The zero-order valence-electron chi connectivity index (χ0n) is 13.1. The Morgan fingerprint density at radius 2 is 1.77 bits per heavy atom. The van der Waals surface area contributed by atoms with E-state index >= 15 is 0 Å². The van der Waals surface area contributed by atoms with E-state index in [0.717, 1.165) is 10.0 Å². The average Bonchev–Trinajstić information content (AvgIpc) is 3.06. The molecular weight excluding hydrogens is 402 g/mol. The number of nitrogens with zero attached hydrogens (tertiary/aromatic N) is 5. The van der Waals surface area contributed by atoms with Crippen LogP contribution in [0.25, 0.3) is 17.0 Å². The Hall–Kier alpha value is -3.33.